The number of furan rings is 1. The van der Waals surface area contributed by atoms with Gasteiger partial charge >= 0.3 is 0 Å². The van der Waals surface area contributed by atoms with Crippen molar-refractivity contribution in [3.8, 4) is 5.75 Å². The molecule has 0 aliphatic heterocycles. The first kappa shape index (κ1) is 18.7. The Labute approximate surface area is 159 Å². The van der Waals surface area contributed by atoms with Crippen molar-refractivity contribution in [2.75, 3.05) is 11.9 Å². The average Bonchev–Trinajstić information content (AvgIpc) is 2.98. The highest BCUT2D eigenvalue weighted by Crippen LogP contribution is 2.37. The molecule has 3 aromatic rings. The number of amides is 1. The molecule has 1 N–H and O–H groups in total. The number of rotatable bonds is 5. The van der Waals surface area contributed by atoms with E-state index in [1.807, 2.05) is 52.8 Å². The van der Waals surface area contributed by atoms with E-state index in [0.29, 0.717) is 12.4 Å². The summed E-state index contributed by atoms with van der Waals surface area (Å²) < 4.78 is 11.6. The average molecular weight is 364 g/mol. The molecule has 27 heavy (non-hydrogen) atoms. The first-order chi connectivity index (χ1) is 12.9. The summed E-state index contributed by atoms with van der Waals surface area (Å²) in [6.45, 7) is 10.2. The number of aromatic nitrogens is 1. The molecule has 0 aliphatic rings. The van der Waals surface area contributed by atoms with Gasteiger partial charge in [-0.3, -0.25) is 4.79 Å². The van der Waals surface area contributed by atoms with Gasteiger partial charge in [-0.2, -0.15) is 0 Å². The predicted octanol–water partition coefficient (Wildman–Crippen LogP) is 5.19. The van der Waals surface area contributed by atoms with E-state index in [1.165, 1.54) is 0 Å². The number of hydrogen-bond donors (Lipinski definition) is 1. The van der Waals surface area contributed by atoms with Gasteiger partial charge in [0.15, 0.2) is 0 Å². The van der Waals surface area contributed by atoms with Gasteiger partial charge in [0.25, 0.3) is 0 Å². The smallest absolute Gasteiger partial charge is 0.249 e. The van der Waals surface area contributed by atoms with E-state index >= 15 is 0 Å². The van der Waals surface area contributed by atoms with Gasteiger partial charge in [-0.1, -0.05) is 6.07 Å². The lowest BCUT2D eigenvalue weighted by atomic mass is 9.98. The normalized spacial score (nSPS) is 11.7. The minimum absolute atomic E-state index is 0.227. The second-order valence-corrected chi connectivity index (χ2v) is 6.59. The molecule has 2 aromatic heterocycles. The third-order valence-corrected chi connectivity index (χ3v) is 4.44. The first-order valence-corrected chi connectivity index (χ1v) is 8.98. The standard InChI is InChI=1S/C22H24N2O3/c1-6-26-21-16(5)22-18(14(3)12-27-22)11-17(21)13(2)10-20(25)24-19-9-7-8-15(4)23-19/h7-12H,6H2,1-5H3,(H,23,24,25)/b13-10+. The monoisotopic (exact) mass is 364 g/mol. The van der Waals surface area contributed by atoms with Crippen molar-refractivity contribution in [2.24, 2.45) is 0 Å². The Kier molecular flexibility index (Phi) is 5.31. The van der Waals surface area contributed by atoms with Crippen LogP contribution in [0.5, 0.6) is 5.75 Å². The Morgan fingerprint density at radius 1 is 1.30 bits per heavy atom. The van der Waals surface area contributed by atoms with E-state index in [-0.39, 0.29) is 5.91 Å². The summed E-state index contributed by atoms with van der Waals surface area (Å²) in [6, 6.07) is 7.54. The second kappa shape index (κ2) is 7.66. The lowest BCUT2D eigenvalue weighted by molar-refractivity contribution is -0.111. The van der Waals surface area contributed by atoms with Crippen LogP contribution in [0.2, 0.25) is 0 Å². The molecule has 5 heteroatoms. The van der Waals surface area contributed by atoms with Gasteiger partial charge in [-0.15, -0.1) is 0 Å². The van der Waals surface area contributed by atoms with Crippen LogP contribution in [0, 0.1) is 20.8 Å². The summed E-state index contributed by atoms with van der Waals surface area (Å²) in [5.74, 6) is 1.05. The van der Waals surface area contributed by atoms with Crippen LogP contribution in [0.4, 0.5) is 5.82 Å². The van der Waals surface area contributed by atoms with E-state index in [2.05, 4.69) is 10.3 Å². The van der Waals surface area contributed by atoms with Gasteiger partial charge in [0.05, 0.1) is 12.9 Å². The fourth-order valence-corrected chi connectivity index (χ4v) is 3.11. The number of allylic oxidation sites excluding steroid dienone is 1. The molecule has 1 amide bonds. The highest BCUT2D eigenvalue weighted by Gasteiger charge is 2.17. The lowest BCUT2D eigenvalue weighted by Gasteiger charge is -2.14. The van der Waals surface area contributed by atoms with Gasteiger partial charge in [0.1, 0.15) is 17.2 Å². The molecule has 0 unspecified atom stereocenters. The zero-order valence-electron chi connectivity index (χ0n) is 16.3. The molecule has 5 nitrogen and oxygen atoms in total. The number of aryl methyl sites for hydroxylation is 3. The molecule has 1 aromatic carbocycles. The Bertz CT molecular complexity index is 1030. The number of pyridine rings is 1. The molecule has 0 fully saturated rings. The Morgan fingerprint density at radius 2 is 2.07 bits per heavy atom. The number of hydrogen-bond acceptors (Lipinski definition) is 4. The maximum atomic E-state index is 12.5. The SMILES string of the molecule is CCOc1c(/C(C)=C/C(=O)Nc2cccc(C)n2)cc2c(C)coc2c1C. The van der Waals surface area contributed by atoms with Crippen molar-refractivity contribution in [3.63, 3.8) is 0 Å². The van der Waals surface area contributed by atoms with E-state index in [4.69, 9.17) is 9.15 Å². The Balaban J connectivity index is 1.99. The number of fused-ring (bicyclic) bond motifs is 1. The third kappa shape index (κ3) is 3.87. The third-order valence-electron chi connectivity index (χ3n) is 4.44. The van der Waals surface area contributed by atoms with Gasteiger partial charge in [0, 0.05) is 28.3 Å². The fraction of sp³-hybridized carbons (Fsp3) is 0.273. The molecule has 0 spiro atoms. The highest BCUT2D eigenvalue weighted by molar-refractivity contribution is 6.04. The minimum Gasteiger partial charge on any atom is -0.493 e. The molecule has 0 saturated heterocycles. The zero-order chi connectivity index (χ0) is 19.6. The lowest BCUT2D eigenvalue weighted by Crippen LogP contribution is -2.10. The number of anilines is 1. The number of nitrogens with one attached hydrogen (secondary N) is 1. The summed E-state index contributed by atoms with van der Waals surface area (Å²) in [4.78, 5) is 16.8. The maximum absolute atomic E-state index is 12.5. The van der Waals surface area contributed by atoms with Gasteiger partial charge in [0.2, 0.25) is 5.91 Å². The topological polar surface area (TPSA) is 64.4 Å². The highest BCUT2D eigenvalue weighted by atomic mass is 16.5. The molecule has 0 bridgehead atoms. The largest absolute Gasteiger partial charge is 0.493 e. The number of carbonyl (C=O) groups excluding carboxylic acids is 1. The van der Waals surface area contributed by atoms with E-state index in [0.717, 1.165) is 44.7 Å². The fourth-order valence-electron chi connectivity index (χ4n) is 3.11. The molecule has 0 saturated carbocycles. The summed E-state index contributed by atoms with van der Waals surface area (Å²) in [6.07, 6.45) is 3.31. The van der Waals surface area contributed by atoms with Crippen molar-refractivity contribution in [2.45, 2.75) is 34.6 Å². The number of ether oxygens (including phenoxy) is 1. The summed E-state index contributed by atoms with van der Waals surface area (Å²) >= 11 is 0. The number of carbonyl (C=O) groups is 1. The van der Waals surface area contributed by atoms with Crippen LogP contribution in [0.15, 0.2) is 41.0 Å². The maximum Gasteiger partial charge on any atom is 0.249 e. The van der Waals surface area contributed by atoms with Gasteiger partial charge < -0.3 is 14.5 Å². The molecule has 2 heterocycles. The van der Waals surface area contributed by atoms with Gasteiger partial charge in [-0.05, 0) is 64.0 Å². The van der Waals surface area contributed by atoms with Crippen molar-refractivity contribution in [1.29, 1.82) is 0 Å². The van der Waals surface area contributed by atoms with Gasteiger partial charge in [-0.25, -0.2) is 4.98 Å². The number of nitrogens with zero attached hydrogens (tertiary/aromatic N) is 1. The second-order valence-electron chi connectivity index (χ2n) is 6.59. The Hall–Kier alpha value is -3.08. The summed E-state index contributed by atoms with van der Waals surface area (Å²) in [5.41, 5.74) is 5.36. The van der Waals surface area contributed by atoms with Crippen molar-refractivity contribution >= 4 is 28.3 Å². The molecular weight excluding hydrogens is 340 g/mol. The summed E-state index contributed by atoms with van der Waals surface area (Å²) in [7, 11) is 0. The first-order valence-electron chi connectivity index (χ1n) is 8.98. The van der Waals surface area contributed by atoms with Crippen LogP contribution >= 0.6 is 0 Å². The van der Waals surface area contributed by atoms with Crippen LogP contribution in [0.1, 0.15) is 36.2 Å². The van der Waals surface area contributed by atoms with Crippen molar-refractivity contribution in [1.82, 2.24) is 4.98 Å². The van der Waals surface area contributed by atoms with Crippen molar-refractivity contribution < 1.29 is 13.9 Å². The van der Waals surface area contributed by atoms with Crippen LogP contribution < -0.4 is 10.1 Å². The minimum atomic E-state index is -0.227. The Morgan fingerprint density at radius 3 is 2.78 bits per heavy atom. The molecule has 0 radical (unpaired) electrons. The number of benzene rings is 1. The van der Waals surface area contributed by atoms with E-state index in [9.17, 15) is 4.79 Å². The van der Waals surface area contributed by atoms with Crippen molar-refractivity contribution in [3.05, 3.63) is 59.0 Å². The molecule has 0 atom stereocenters. The molecule has 0 aliphatic carbocycles. The van der Waals surface area contributed by atoms with E-state index in [1.54, 1.807) is 18.4 Å². The van der Waals surface area contributed by atoms with Crippen LogP contribution in [0.25, 0.3) is 16.5 Å². The van der Waals surface area contributed by atoms with E-state index < -0.39 is 0 Å². The molecular formula is C22H24N2O3. The molecule has 3 rings (SSSR count). The zero-order valence-corrected chi connectivity index (χ0v) is 16.3. The predicted molar refractivity (Wildman–Crippen MR) is 108 cm³/mol. The van der Waals surface area contributed by atoms with Crippen LogP contribution in [0.3, 0.4) is 0 Å². The molecule has 140 valence electrons. The van der Waals surface area contributed by atoms with Crippen LogP contribution in [-0.4, -0.2) is 17.5 Å². The summed E-state index contributed by atoms with van der Waals surface area (Å²) in [5, 5.41) is 3.83. The quantitative estimate of drug-likeness (QED) is 0.633. The van der Waals surface area contributed by atoms with Crippen LogP contribution in [-0.2, 0) is 4.79 Å².